The molecule has 3 rings (SSSR count). The number of piperazine rings is 1. The van der Waals surface area contributed by atoms with Gasteiger partial charge < -0.3 is 10.2 Å². The molecule has 1 aliphatic carbocycles. The molecule has 0 aromatic rings. The van der Waals surface area contributed by atoms with Gasteiger partial charge in [0.05, 0.1) is 0 Å². The lowest BCUT2D eigenvalue weighted by Gasteiger charge is -2.28. The van der Waals surface area contributed by atoms with E-state index in [2.05, 4.69) is 10.2 Å². The van der Waals surface area contributed by atoms with Crippen LogP contribution < -0.4 is 5.32 Å². The van der Waals surface area contributed by atoms with Crippen LogP contribution in [0.4, 0.5) is 0 Å². The van der Waals surface area contributed by atoms with E-state index in [1.807, 2.05) is 0 Å². The molecule has 1 amide bonds. The van der Waals surface area contributed by atoms with Crippen molar-refractivity contribution in [2.24, 2.45) is 5.92 Å². The zero-order chi connectivity index (χ0) is 10.3. The van der Waals surface area contributed by atoms with Crippen molar-refractivity contribution in [1.29, 1.82) is 0 Å². The van der Waals surface area contributed by atoms with Crippen LogP contribution in [-0.2, 0) is 4.79 Å². The van der Waals surface area contributed by atoms with Crippen LogP contribution in [0.15, 0.2) is 0 Å². The van der Waals surface area contributed by atoms with E-state index in [9.17, 15) is 4.79 Å². The minimum atomic E-state index is 0.427. The molecule has 2 bridgehead atoms. The van der Waals surface area contributed by atoms with Crippen LogP contribution in [-0.4, -0.2) is 36.0 Å². The Labute approximate surface area is 91.2 Å². The Morgan fingerprint density at radius 2 is 2.13 bits per heavy atom. The van der Waals surface area contributed by atoms with Crippen LogP contribution in [0.25, 0.3) is 0 Å². The Balaban J connectivity index is 1.56. The summed E-state index contributed by atoms with van der Waals surface area (Å²) in [7, 11) is 0. The second-order valence-corrected chi connectivity index (χ2v) is 5.40. The number of hydrogen-bond donors (Lipinski definition) is 1. The normalized spacial score (nSPS) is 35.3. The summed E-state index contributed by atoms with van der Waals surface area (Å²) in [5, 5.41) is 3.44. The lowest BCUT2D eigenvalue weighted by molar-refractivity contribution is -0.133. The fraction of sp³-hybridized carbons (Fsp3) is 0.917. The van der Waals surface area contributed by atoms with Crippen molar-refractivity contribution in [2.45, 2.75) is 50.6 Å². The first-order chi connectivity index (χ1) is 7.33. The van der Waals surface area contributed by atoms with Gasteiger partial charge in [0.15, 0.2) is 0 Å². The first-order valence-electron chi connectivity index (χ1n) is 6.36. The Morgan fingerprint density at radius 1 is 1.33 bits per heavy atom. The minimum Gasteiger partial charge on any atom is -0.337 e. The molecule has 0 radical (unpaired) electrons. The van der Waals surface area contributed by atoms with Gasteiger partial charge in [-0.2, -0.15) is 0 Å². The van der Waals surface area contributed by atoms with Crippen molar-refractivity contribution in [3.8, 4) is 0 Å². The zero-order valence-electron chi connectivity index (χ0n) is 9.24. The number of likely N-dealkylation sites (tertiary alicyclic amines) is 1. The monoisotopic (exact) mass is 208 g/mol. The number of fused-ring (bicyclic) bond motifs is 2. The molecule has 1 N–H and O–H groups in total. The highest BCUT2D eigenvalue weighted by molar-refractivity contribution is 5.77. The first kappa shape index (κ1) is 9.64. The predicted octanol–water partition coefficient (Wildman–Crippen LogP) is 1.14. The van der Waals surface area contributed by atoms with Crippen LogP contribution in [0.2, 0.25) is 0 Å². The molecule has 2 atom stereocenters. The van der Waals surface area contributed by atoms with Gasteiger partial charge in [-0.1, -0.05) is 12.8 Å². The maximum atomic E-state index is 12.1. The topological polar surface area (TPSA) is 32.3 Å². The second-order valence-electron chi connectivity index (χ2n) is 5.40. The summed E-state index contributed by atoms with van der Waals surface area (Å²) in [5.74, 6) is 1.13. The molecule has 15 heavy (non-hydrogen) atoms. The standard InChI is InChI=1S/C12H20N2O/c15-12(5-9-3-1-2-4-9)14-8-10-6-11(14)7-13-10/h9-11,13H,1-8H2/t10-,11-/m0/s1. The average molecular weight is 208 g/mol. The summed E-state index contributed by atoms with van der Waals surface area (Å²) in [5.41, 5.74) is 0. The van der Waals surface area contributed by atoms with Gasteiger partial charge >= 0.3 is 0 Å². The molecule has 3 heteroatoms. The largest absolute Gasteiger partial charge is 0.337 e. The molecule has 0 aromatic carbocycles. The first-order valence-corrected chi connectivity index (χ1v) is 6.36. The number of carbonyl (C=O) groups is 1. The Hall–Kier alpha value is -0.570. The highest BCUT2D eigenvalue weighted by atomic mass is 16.2. The summed E-state index contributed by atoms with van der Waals surface area (Å²) in [4.78, 5) is 14.2. The maximum absolute atomic E-state index is 12.1. The molecule has 0 spiro atoms. The third-order valence-corrected chi connectivity index (χ3v) is 4.31. The number of nitrogens with zero attached hydrogens (tertiary/aromatic N) is 1. The summed E-state index contributed by atoms with van der Waals surface area (Å²) in [6.45, 7) is 2.00. The van der Waals surface area contributed by atoms with Crippen LogP contribution in [0.3, 0.4) is 0 Å². The van der Waals surface area contributed by atoms with Gasteiger partial charge in [-0.25, -0.2) is 0 Å². The van der Waals surface area contributed by atoms with Gasteiger partial charge in [-0.15, -0.1) is 0 Å². The quantitative estimate of drug-likeness (QED) is 0.738. The van der Waals surface area contributed by atoms with E-state index in [1.54, 1.807) is 0 Å². The van der Waals surface area contributed by atoms with Gasteiger partial charge in [0.1, 0.15) is 0 Å². The third kappa shape index (κ3) is 1.78. The minimum absolute atomic E-state index is 0.427. The fourth-order valence-electron chi connectivity index (χ4n) is 3.44. The second kappa shape index (κ2) is 3.78. The Bertz CT molecular complexity index is 260. The molecule has 3 nitrogen and oxygen atoms in total. The molecule has 2 saturated heterocycles. The van der Waals surface area contributed by atoms with Gasteiger partial charge in [-0.05, 0) is 25.2 Å². The zero-order valence-corrected chi connectivity index (χ0v) is 9.24. The van der Waals surface area contributed by atoms with E-state index < -0.39 is 0 Å². The van der Waals surface area contributed by atoms with Crippen LogP contribution >= 0.6 is 0 Å². The lowest BCUT2D eigenvalue weighted by Crippen LogP contribution is -2.46. The van der Waals surface area contributed by atoms with Crippen molar-refractivity contribution in [3.05, 3.63) is 0 Å². The van der Waals surface area contributed by atoms with E-state index in [4.69, 9.17) is 0 Å². The summed E-state index contributed by atoms with van der Waals surface area (Å²) in [6.07, 6.45) is 7.26. The summed E-state index contributed by atoms with van der Waals surface area (Å²) < 4.78 is 0. The molecular weight excluding hydrogens is 188 g/mol. The lowest BCUT2D eigenvalue weighted by atomic mass is 10.0. The van der Waals surface area contributed by atoms with E-state index in [1.165, 1.54) is 32.1 Å². The molecule has 2 heterocycles. The fourth-order valence-corrected chi connectivity index (χ4v) is 3.44. The molecule has 1 saturated carbocycles. The highest BCUT2D eigenvalue weighted by Gasteiger charge is 2.40. The Kier molecular flexibility index (Phi) is 2.43. The van der Waals surface area contributed by atoms with E-state index in [-0.39, 0.29) is 0 Å². The van der Waals surface area contributed by atoms with Gasteiger partial charge in [0, 0.05) is 31.6 Å². The van der Waals surface area contributed by atoms with Crippen molar-refractivity contribution in [1.82, 2.24) is 10.2 Å². The van der Waals surface area contributed by atoms with Gasteiger partial charge in [0.25, 0.3) is 0 Å². The molecule has 0 unspecified atom stereocenters. The van der Waals surface area contributed by atoms with Crippen LogP contribution in [0.5, 0.6) is 0 Å². The number of amides is 1. The molecule has 3 fully saturated rings. The van der Waals surface area contributed by atoms with Gasteiger partial charge in [0.2, 0.25) is 5.91 Å². The number of nitrogens with one attached hydrogen (secondary N) is 1. The Morgan fingerprint density at radius 3 is 2.73 bits per heavy atom. The van der Waals surface area contributed by atoms with Crippen molar-refractivity contribution < 1.29 is 4.79 Å². The van der Waals surface area contributed by atoms with Crippen LogP contribution in [0, 0.1) is 5.92 Å². The molecule has 3 aliphatic rings. The maximum Gasteiger partial charge on any atom is 0.223 e. The molecular formula is C12H20N2O. The number of carbonyl (C=O) groups excluding carboxylic acids is 1. The molecule has 0 aromatic heterocycles. The molecule has 84 valence electrons. The van der Waals surface area contributed by atoms with Crippen molar-refractivity contribution in [2.75, 3.05) is 13.1 Å². The molecule has 2 aliphatic heterocycles. The smallest absolute Gasteiger partial charge is 0.223 e. The van der Waals surface area contributed by atoms with Crippen molar-refractivity contribution in [3.63, 3.8) is 0 Å². The van der Waals surface area contributed by atoms with E-state index in [0.29, 0.717) is 23.9 Å². The highest BCUT2D eigenvalue weighted by Crippen LogP contribution is 2.30. The predicted molar refractivity (Wildman–Crippen MR) is 58.5 cm³/mol. The third-order valence-electron chi connectivity index (χ3n) is 4.31. The van der Waals surface area contributed by atoms with E-state index in [0.717, 1.165) is 19.5 Å². The number of hydrogen-bond acceptors (Lipinski definition) is 2. The van der Waals surface area contributed by atoms with Crippen molar-refractivity contribution >= 4 is 5.91 Å². The summed E-state index contributed by atoms with van der Waals surface area (Å²) in [6, 6.07) is 1.12. The van der Waals surface area contributed by atoms with Gasteiger partial charge in [-0.3, -0.25) is 4.79 Å². The summed E-state index contributed by atoms with van der Waals surface area (Å²) >= 11 is 0. The average Bonchev–Trinajstić information content (AvgIpc) is 2.93. The van der Waals surface area contributed by atoms with E-state index >= 15 is 0 Å². The van der Waals surface area contributed by atoms with Crippen LogP contribution in [0.1, 0.15) is 38.5 Å². The SMILES string of the molecule is O=C(CC1CCCC1)N1C[C@@H]2C[C@H]1CN2. The number of rotatable bonds is 2.